The lowest BCUT2D eigenvalue weighted by atomic mass is 9.99. The van der Waals surface area contributed by atoms with E-state index in [1.807, 2.05) is 0 Å². The Morgan fingerprint density at radius 3 is 1.28 bits per heavy atom. The van der Waals surface area contributed by atoms with Crippen molar-refractivity contribution in [1.82, 2.24) is 0 Å². The Balaban J connectivity index is 1.42. The molecule has 0 saturated carbocycles. The molecular formula is C38H26Cl2F2O4S. The van der Waals surface area contributed by atoms with Gasteiger partial charge in [-0.15, -0.1) is 0 Å². The highest BCUT2D eigenvalue weighted by Gasteiger charge is 2.26. The third-order valence-electron chi connectivity index (χ3n) is 7.82. The molecule has 0 aromatic heterocycles. The molecule has 6 aromatic rings. The van der Waals surface area contributed by atoms with E-state index >= 15 is 8.78 Å². The van der Waals surface area contributed by atoms with E-state index in [1.54, 1.807) is 97.1 Å². The SMILES string of the molecule is COc1ccc(Cl)cc1-c1ccc(-c2ccccc2S(=O)(=O)c2ccccc2-c2ccc(-c3cc(Cl)ccc3OC)c(F)c2)cc1F. The minimum absolute atomic E-state index is 0.0271. The lowest BCUT2D eigenvalue weighted by molar-refractivity contribution is 0.416. The molecule has 9 heteroatoms. The smallest absolute Gasteiger partial charge is 0.207 e. The van der Waals surface area contributed by atoms with Gasteiger partial charge in [0.25, 0.3) is 0 Å². The Labute approximate surface area is 281 Å². The molecule has 6 rings (SSSR count). The van der Waals surface area contributed by atoms with Gasteiger partial charge in [0.2, 0.25) is 9.84 Å². The molecule has 0 aliphatic rings. The van der Waals surface area contributed by atoms with Crippen LogP contribution in [0.4, 0.5) is 8.78 Å². The highest BCUT2D eigenvalue weighted by atomic mass is 35.5. The topological polar surface area (TPSA) is 52.6 Å². The van der Waals surface area contributed by atoms with Crippen LogP contribution in [0.2, 0.25) is 10.0 Å². The maximum absolute atomic E-state index is 15.7. The minimum atomic E-state index is -4.20. The molecule has 6 aromatic carbocycles. The zero-order valence-corrected chi connectivity index (χ0v) is 27.4. The van der Waals surface area contributed by atoms with E-state index in [0.29, 0.717) is 54.9 Å². The van der Waals surface area contributed by atoms with E-state index < -0.39 is 21.5 Å². The number of rotatable bonds is 8. The summed E-state index contributed by atoms with van der Waals surface area (Å²) in [5, 5.41) is 0.830. The number of sulfone groups is 1. The van der Waals surface area contributed by atoms with Gasteiger partial charge in [-0.1, -0.05) is 83.9 Å². The highest BCUT2D eigenvalue weighted by molar-refractivity contribution is 7.91. The first-order valence-corrected chi connectivity index (χ1v) is 16.6. The average Bonchev–Trinajstić information content (AvgIpc) is 3.08. The summed E-state index contributed by atoms with van der Waals surface area (Å²) in [5.41, 5.74) is 2.75. The Bertz CT molecular complexity index is 2100. The molecule has 0 saturated heterocycles. The van der Waals surface area contributed by atoms with Crippen molar-refractivity contribution >= 4 is 33.0 Å². The van der Waals surface area contributed by atoms with Crippen LogP contribution in [-0.4, -0.2) is 22.6 Å². The molecule has 0 aliphatic carbocycles. The van der Waals surface area contributed by atoms with Gasteiger partial charge in [-0.05, 0) is 71.8 Å². The summed E-state index contributed by atoms with van der Waals surface area (Å²) in [4.78, 5) is -0.0543. The number of ether oxygens (including phenoxy) is 2. The zero-order valence-electron chi connectivity index (χ0n) is 25.1. The van der Waals surface area contributed by atoms with Crippen LogP contribution in [0, 0.1) is 11.6 Å². The molecule has 0 aliphatic heterocycles. The second-order valence-electron chi connectivity index (χ2n) is 10.6. The maximum Gasteiger partial charge on any atom is 0.207 e. The lowest BCUT2D eigenvalue weighted by Gasteiger charge is -2.16. The summed E-state index contributed by atoms with van der Waals surface area (Å²) in [6.45, 7) is 0. The van der Waals surface area contributed by atoms with Crippen molar-refractivity contribution in [2.45, 2.75) is 9.79 Å². The fourth-order valence-corrected chi connectivity index (χ4v) is 7.63. The fourth-order valence-electron chi connectivity index (χ4n) is 5.58. The van der Waals surface area contributed by atoms with Crippen molar-refractivity contribution in [1.29, 1.82) is 0 Å². The van der Waals surface area contributed by atoms with Gasteiger partial charge in [-0.25, -0.2) is 17.2 Å². The van der Waals surface area contributed by atoms with Crippen molar-refractivity contribution in [3.05, 3.63) is 143 Å². The second kappa shape index (κ2) is 13.2. The molecule has 0 fully saturated rings. The van der Waals surface area contributed by atoms with Gasteiger partial charge in [-0.3, -0.25) is 0 Å². The van der Waals surface area contributed by atoms with Crippen LogP contribution in [0.25, 0.3) is 44.5 Å². The zero-order chi connectivity index (χ0) is 33.3. The monoisotopic (exact) mass is 686 g/mol. The van der Waals surface area contributed by atoms with Crippen molar-refractivity contribution in [3.8, 4) is 56.0 Å². The predicted molar refractivity (Wildman–Crippen MR) is 183 cm³/mol. The number of halogens is 4. The van der Waals surface area contributed by atoms with Crippen LogP contribution < -0.4 is 9.47 Å². The Kier molecular flexibility index (Phi) is 9.06. The Morgan fingerprint density at radius 2 is 0.894 bits per heavy atom. The molecule has 0 unspecified atom stereocenters. The second-order valence-corrected chi connectivity index (χ2v) is 13.3. The van der Waals surface area contributed by atoms with Crippen LogP contribution in [0.3, 0.4) is 0 Å². The summed E-state index contributed by atoms with van der Waals surface area (Å²) in [7, 11) is -1.23. The van der Waals surface area contributed by atoms with Gasteiger partial charge in [0, 0.05) is 43.4 Å². The van der Waals surface area contributed by atoms with E-state index in [2.05, 4.69) is 0 Å². The summed E-state index contributed by atoms with van der Waals surface area (Å²) < 4.78 is 70.9. The fraction of sp³-hybridized carbons (Fsp3) is 0.0526. The summed E-state index contributed by atoms with van der Waals surface area (Å²) in [6, 6.07) is 31.6. The third kappa shape index (κ3) is 6.22. The first-order valence-electron chi connectivity index (χ1n) is 14.3. The van der Waals surface area contributed by atoms with Crippen molar-refractivity contribution in [3.63, 3.8) is 0 Å². The van der Waals surface area contributed by atoms with E-state index in [1.165, 1.54) is 38.5 Å². The van der Waals surface area contributed by atoms with Gasteiger partial charge >= 0.3 is 0 Å². The summed E-state index contributed by atoms with van der Waals surface area (Å²) >= 11 is 12.4. The van der Waals surface area contributed by atoms with Gasteiger partial charge in [-0.2, -0.15) is 0 Å². The molecule has 0 amide bonds. The lowest BCUT2D eigenvalue weighted by Crippen LogP contribution is -2.06. The van der Waals surface area contributed by atoms with E-state index in [0.717, 1.165) is 0 Å². The van der Waals surface area contributed by atoms with Crippen LogP contribution in [-0.2, 0) is 9.84 Å². The number of hydrogen-bond acceptors (Lipinski definition) is 4. The van der Waals surface area contributed by atoms with Crippen LogP contribution >= 0.6 is 23.2 Å². The van der Waals surface area contributed by atoms with Crippen LogP contribution in [0.1, 0.15) is 0 Å². The standard InChI is InChI=1S/C38H26Cl2F2O4S/c1-45-35-17-13-25(39)21-31(35)29-15-11-23(19-33(29)41)27-7-3-5-9-37(27)47(43,44)38-10-6-4-8-28(38)24-12-16-30(34(42)20-24)32-22-26(40)14-18-36(32)46-2/h3-22H,1-2H3. The largest absolute Gasteiger partial charge is 0.496 e. The van der Waals surface area contributed by atoms with Gasteiger partial charge in [0.1, 0.15) is 23.1 Å². The maximum atomic E-state index is 15.7. The van der Waals surface area contributed by atoms with Crippen molar-refractivity contribution in [2.24, 2.45) is 0 Å². The molecule has 4 nitrogen and oxygen atoms in total. The number of hydrogen-bond donors (Lipinski definition) is 0. The van der Waals surface area contributed by atoms with Gasteiger partial charge in [0.05, 0.1) is 24.0 Å². The summed E-state index contributed by atoms with van der Waals surface area (Å²) in [6.07, 6.45) is 0. The molecule has 0 N–H and O–H groups in total. The first kappa shape index (κ1) is 32.3. The number of benzene rings is 6. The van der Waals surface area contributed by atoms with Crippen molar-refractivity contribution < 1.29 is 26.7 Å². The van der Waals surface area contributed by atoms with E-state index in [4.69, 9.17) is 32.7 Å². The molecule has 47 heavy (non-hydrogen) atoms. The third-order valence-corrected chi connectivity index (χ3v) is 10.2. The van der Waals surface area contributed by atoms with Gasteiger partial charge < -0.3 is 9.47 Å². The normalized spacial score (nSPS) is 11.4. The Morgan fingerprint density at radius 1 is 0.489 bits per heavy atom. The van der Waals surface area contributed by atoms with Crippen LogP contribution in [0.15, 0.2) is 131 Å². The molecule has 236 valence electrons. The molecule has 0 heterocycles. The molecule has 0 radical (unpaired) electrons. The molecule has 0 atom stereocenters. The Hall–Kier alpha value is -4.69. The molecule has 0 bridgehead atoms. The first-order chi connectivity index (χ1) is 22.6. The predicted octanol–water partition coefficient (Wildman–Crippen LogP) is 10.8. The van der Waals surface area contributed by atoms with Crippen molar-refractivity contribution in [2.75, 3.05) is 14.2 Å². The average molecular weight is 688 g/mol. The van der Waals surface area contributed by atoms with E-state index in [-0.39, 0.29) is 20.9 Å². The highest BCUT2D eigenvalue weighted by Crippen LogP contribution is 2.41. The van der Waals surface area contributed by atoms with E-state index in [9.17, 15) is 8.42 Å². The van der Waals surface area contributed by atoms with Crippen LogP contribution in [0.5, 0.6) is 11.5 Å². The minimum Gasteiger partial charge on any atom is -0.496 e. The summed E-state index contributed by atoms with van der Waals surface area (Å²) in [5.74, 6) is -0.279. The quantitative estimate of drug-likeness (QED) is 0.160. The number of methoxy groups -OCH3 is 2. The molecular weight excluding hydrogens is 661 g/mol. The van der Waals surface area contributed by atoms with Gasteiger partial charge in [0.15, 0.2) is 0 Å². The molecule has 0 spiro atoms.